The molecule has 0 unspecified atom stereocenters. The summed E-state index contributed by atoms with van der Waals surface area (Å²) in [6.45, 7) is -0.185. The normalized spacial score (nSPS) is 10.4. The Kier molecular flexibility index (Phi) is 3.24. The topological polar surface area (TPSA) is 66.2 Å². The van der Waals surface area contributed by atoms with E-state index in [2.05, 4.69) is 9.97 Å². The number of hydrogen-bond acceptors (Lipinski definition) is 4. The van der Waals surface area contributed by atoms with Gasteiger partial charge in [-0.05, 0) is 12.1 Å². The van der Waals surface area contributed by atoms with Crippen molar-refractivity contribution in [3.63, 3.8) is 0 Å². The second-order valence-corrected chi connectivity index (χ2v) is 3.34. The molecule has 0 fully saturated rings. The van der Waals surface area contributed by atoms with Gasteiger partial charge in [0.15, 0.2) is 0 Å². The van der Waals surface area contributed by atoms with Crippen LogP contribution >= 0.6 is 0 Å². The third-order valence-corrected chi connectivity index (χ3v) is 2.35. The maximum absolute atomic E-state index is 9.21. The highest BCUT2D eigenvalue weighted by Gasteiger charge is 2.10. The molecule has 0 bridgehead atoms. The molecule has 2 N–H and O–H groups in total. The van der Waals surface area contributed by atoms with Gasteiger partial charge >= 0.3 is 0 Å². The minimum atomic E-state index is -0.0926. The van der Waals surface area contributed by atoms with Crippen molar-refractivity contribution in [2.45, 2.75) is 13.2 Å². The number of rotatable bonds is 3. The van der Waals surface area contributed by atoms with Crippen molar-refractivity contribution in [1.29, 1.82) is 0 Å². The van der Waals surface area contributed by atoms with Crippen LogP contribution in [0.5, 0.6) is 0 Å². The number of aliphatic hydroxyl groups excluding tert-OH is 2. The molecule has 82 valence electrons. The Hall–Kier alpha value is -1.78. The van der Waals surface area contributed by atoms with Crippen LogP contribution < -0.4 is 0 Å². The van der Waals surface area contributed by atoms with Crippen molar-refractivity contribution in [3.8, 4) is 11.4 Å². The molecule has 2 rings (SSSR count). The van der Waals surface area contributed by atoms with E-state index in [9.17, 15) is 10.2 Å². The Bertz CT molecular complexity index is 440. The number of nitrogens with zero attached hydrogens (tertiary/aromatic N) is 2. The zero-order valence-corrected chi connectivity index (χ0v) is 8.67. The monoisotopic (exact) mass is 216 g/mol. The number of aliphatic hydroxyl groups is 2. The number of hydrogen-bond donors (Lipinski definition) is 2. The minimum absolute atomic E-state index is 0.0926. The van der Waals surface area contributed by atoms with Gasteiger partial charge in [-0.3, -0.25) is 9.97 Å². The lowest BCUT2D eigenvalue weighted by molar-refractivity contribution is 0.279. The van der Waals surface area contributed by atoms with Crippen LogP contribution in [0.2, 0.25) is 0 Å². The summed E-state index contributed by atoms with van der Waals surface area (Å²) in [5.74, 6) is 0. The molecule has 0 aliphatic carbocycles. The summed E-state index contributed by atoms with van der Waals surface area (Å²) >= 11 is 0. The SMILES string of the molecule is OCc1cccnc1-c1ncccc1CO. The van der Waals surface area contributed by atoms with E-state index in [1.54, 1.807) is 36.7 Å². The van der Waals surface area contributed by atoms with Crippen molar-refractivity contribution in [2.24, 2.45) is 0 Å². The second kappa shape index (κ2) is 4.83. The van der Waals surface area contributed by atoms with Gasteiger partial charge in [0.25, 0.3) is 0 Å². The van der Waals surface area contributed by atoms with Gasteiger partial charge in [-0.1, -0.05) is 12.1 Å². The molecule has 0 saturated heterocycles. The van der Waals surface area contributed by atoms with Crippen LogP contribution in [0.3, 0.4) is 0 Å². The maximum atomic E-state index is 9.21. The van der Waals surface area contributed by atoms with Crippen molar-refractivity contribution in [2.75, 3.05) is 0 Å². The van der Waals surface area contributed by atoms with E-state index in [0.717, 1.165) is 0 Å². The number of pyridine rings is 2. The fourth-order valence-electron chi connectivity index (χ4n) is 1.56. The van der Waals surface area contributed by atoms with Crippen molar-refractivity contribution in [3.05, 3.63) is 47.8 Å². The zero-order valence-electron chi connectivity index (χ0n) is 8.67. The molecule has 0 amide bonds. The third kappa shape index (κ3) is 1.93. The summed E-state index contributed by atoms with van der Waals surface area (Å²) in [6, 6.07) is 7.10. The molecule has 2 aromatic heterocycles. The van der Waals surface area contributed by atoms with E-state index < -0.39 is 0 Å². The minimum Gasteiger partial charge on any atom is -0.392 e. The summed E-state index contributed by atoms with van der Waals surface area (Å²) < 4.78 is 0. The van der Waals surface area contributed by atoms with E-state index in [4.69, 9.17) is 0 Å². The first kappa shape index (κ1) is 10.7. The van der Waals surface area contributed by atoms with Crippen LogP contribution in [0.15, 0.2) is 36.7 Å². The molecule has 2 aromatic rings. The molecule has 16 heavy (non-hydrogen) atoms. The van der Waals surface area contributed by atoms with E-state index in [1.807, 2.05) is 0 Å². The van der Waals surface area contributed by atoms with Gasteiger partial charge in [-0.25, -0.2) is 0 Å². The summed E-state index contributed by atoms with van der Waals surface area (Å²) in [7, 11) is 0. The molecule has 0 spiro atoms. The predicted octanol–water partition coefficient (Wildman–Crippen LogP) is 1.13. The number of aromatic nitrogens is 2. The fraction of sp³-hybridized carbons (Fsp3) is 0.167. The highest BCUT2D eigenvalue weighted by Crippen LogP contribution is 2.22. The van der Waals surface area contributed by atoms with Crippen LogP contribution in [-0.2, 0) is 13.2 Å². The van der Waals surface area contributed by atoms with Gasteiger partial charge in [0.05, 0.1) is 24.6 Å². The molecule has 2 heterocycles. The molecular weight excluding hydrogens is 204 g/mol. The maximum Gasteiger partial charge on any atom is 0.0944 e. The molecule has 4 nitrogen and oxygen atoms in total. The summed E-state index contributed by atoms with van der Waals surface area (Å²) in [5, 5.41) is 18.4. The summed E-state index contributed by atoms with van der Waals surface area (Å²) in [5.41, 5.74) is 2.65. The van der Waals surface area contributed by atoms with Crippen LogP contribution in [0.4, 0.5) is 0 Å². The van der Waals surface area contributed by atoms with Gasteiger partial charge in [-0.2, -0.15) is 0 Å². The lowest BCUT2D eigenvalue weighted by Crippen LogP contribution is -1.98. The van der Waals surface area contributed by atoms with E-state index in [0.29, 0.717) is 22.5 Å². The predicted molar refractivity (Wildman–Crippen MR) is 59.3 cm³/mol. The molecule has 0 aliphatic heterocycles. The van der Waals surface area contributed by atoms with Gasteiger partial charge in [-0.15, -0.1) is 0 Å². The van der Waals surface area contributed by atoms with E-state index in [1.165, 1.54) is 0 Å². The van der Waals surface area contributed by atoms with Crippen LogP contribution in [0.25, 0.3) is 11.4 Å². The molecule has 0 saturated carbocycles. The molecule has 0 radical (unpaired) electrons. The fourth-order valence-corrected chi connectivity index (χ4v) is 1.56. The first-order chi connectivity index (χ1) is 7.86. The molecule has 0 aromatic carbocycles. The van der Waals surface area contributed by atoms with Crippen LogP contribution in [0.1, 0.15) is 11.1 Å². The van der Waals surface area contributed by atoms with Crippen molar-refractivity contribution >= 4 is 0 Å². The Morgan fingerprint density at radius 3 is 1.62 bits per heavy atom. The smallest absolute Gasteiger partial charge is 0.0944 e. The van der Waals surface area contributed by atoms with Crippen LogP contribution in [-0.4, -0.2) is 20.2 Å². The van der Waals surface area contributed by atoms with Gasteiger partial charge in [0.2, 0.25) is 0 Å². The highest BCUT2D eigenvalue weighted by molar-refractivity contribution is 5.62. The Morgan fingerprint density at radius 1 is 0.812 bits per heavy atom. The highest BCUT2D eigenvalue weighted by atomic mass is 16.3. The first-order valence-corrected chi connectivity index (χ1v) is 4.96. The Morgan fingerprint density at radius 2 is 1.25 bits per heavy atom. The van der Waals surface area contributed by atoms with E-state index in [-0.39, 0.29) is 13.2 Å². The van der Waals surface area contributed by atoms with Crippen LogP contribution in [0, 0.1) is 0 Å². The first-order valence-electron chi connectivity index (χ1n) is 4.96. The summed E-state index contributed by atoms with van der Waals surface area (Å²) in [6.07, 6.45) is 3.29. The molecule has 0 aliphatic rings. The van der Waals surface area contributed by atoms with Gasteiger partial charge in [0.1, 0.15) is 0 Å². The Balaban J connectivity index is 2.58. The van der Waals surface area contributed by atoms with Crippen molar-refractivity contribution in [1.82, 2.24) is 9.97 Å². The van der Waals surface area contributed by atoms with E-state index >= 15 is 0 Å². The molecule has 0 atom stereocenters. The molecule has 4 heteroatoms. The second-order valence-electron chi connectivity index (χ2n) is 3.34. The average Bonchev–Trinajstić information content (AvgIpc) is 2.38. The third-order valence-electron chi connectivity index (χ3n) is 2.35. The van der Waals surface area contributed by atoms with Gasteiger partial charge in [0, 0.05) is 23.5 Å². The summed E-state index contributed by atoms with van der Waals surface area (Å²) in [4.78, 5) is 8.39. The zero-order chi connectivity index (χ0) is 11.4. The van der Waals surface area contributed by atoms with Crippen molar-refractivity contribution < 1.29 is 10.2 Å². The Labute approximate surface area is 93.2 Å². The lowest BCUT2D eigenvalue weighted by atomic mass is 10.1. The van der Waals surface area contributed by atoms with Gasteiger partial charge < -0.3 is 10.2 Å². The lowest BCUT2D eigenvalue weighted by Gasteiger charge is -2.08. The largest absolute Gasteiger partial charge is 0.392 e. The average molecular weight is 216 g/mol. The standard InChI is InChI=1S/C12H12N2O2/c15-7-9-3-1-5-13-11(9)12-10(8-16)4-2-6-14-12/h1-6,15-16H,7-8H2. The molecular formula is C12H12N2O2. The quantitative estimate of drug-likeness (QED) is 0.807.